The summed E-state index contributed by atoms with van der Waals surface area (Å²) >= 11 is 1.21. The summed E-state index contributed by atoms with van der Waals surface area (Å²) in [5.74, 6) is -1.93. The van der Waals surface area contributed by atoms with Crippen LogP contribution in [0.2, 0.25) is 0 Å². The number of aromatic nitrogens is 1. The standard InChI is InChI=1S/C20H16F2N2O3S/c1-2-24(16-9-7-15(22)8-10-16)18(25)11-27-20(26)17-12-28-19(23-17)13-3-5-14(21)6-4-13/h3-10,12H,2,11H2,1H3. The maximum atomic E-state index is 13.0. The number of nitrogens with zero attached hydrogens (tertiary/aromatic N) is 2. The number of ether oxygens (including phenoxy) is 1. The zero-order chi connectivity index (χ0) is 20.1. The van der Waals surface area contributed by atoms with Gasteiger partial charge in [0.2, 0.25) is 0 Å². The lowest BCUT2D eigenvalue weighted by atomic mass is 10.2. The van der Waals surface area contributed by atoms with Gasteiger partial charge in [0.25, 0.3) is 5.91 Å². The van der Waals surface area contributed by atoms with E-state index in [2.05, 4.69) is 4.98 Å². The summed E-state index contributed by atoms with van der Waals surface area (Å²) in [6.07, 6.45) is 0. The Hall–Kier alpha value is -3.13. The molecule has 0 atom stereocenters. The summed E-state index contributed by atoms with van der Waals surface area (Å²) in [4.78, 5) is 30.1. The molecule has 5 nitrogen and oxygen atoms in total. The SMILES string of the molecule is CCN(C(=O)COC(=O)c1csc(-c2ccc(F)cc2)n1)c1ccc(F)cc1. The van der Waals surface area contributed by atoms with Crippen LogP contribution in [0.1, 0.15) is 17.4 Å². The first-order valence-corrected chi connectivity index (χ1v) is 9.30. The highest BCUT2D eigenvalue weighted by atomic mass is 32.1. The van der Waals surface area contributed by atoms with Gasteiger partial charge in [0.1, 0.15) is 16.6 Å². The first-order valence-electron chi connectivity index (χ1n) is 8.42. The Morgan fingerprint density at radius 1 is 1.04 bits per heavy atom. The van der Waals surface area contributed by atoms with Crippen molar-refractivity contribution in [3.63, 3.8) is 0 Å². The molecule has 1 amide bonds. The van der Waals surface area contributed by atoms with Crippen molar-refractivity contribution in [2.45, 2.75) is 6.92 Å². The second-order valence-corrected chi connectivity index (χ2v) is 6.59. The van der Waals surface area contributed by atoms with Crippen LogP contribution >= 0.6 is 11.3 Å². The largest absolute Gasteiger partial charge is 0.451 e. The smallest absolute Gasteiger partial charge is 0.358 e. The molecular weight excluding hydrogens is 386 g/mol. The van der Waals surface area contributed by atoms with Gasteiger partial charge in [0.15, 0.2) is 12.3 Å². The summed E-state index contributed by atoms with van der Waals surface area (Å²) in [5, 5.41) is 2.06. The molecule has 2 aromatic carbocycles. The van der Waals surface area contributed by atoms with Crippen molar-refractivity contribution >= 4 is 28.9 Å². The molecule has 144 valence electrons. The van der Waals surface area contributed by atoms with Gasteiger partial charge in [-0.25, -0.2) is 18.6 Å². The van der Waals surface area contributed by atoms with Crippen molar-refractivity contribution in [1.82, 2.24) is 4.98 Å². The van der Waals surface area contributed by atoms with Gasteiger partial charge in [0, 0.05) is 23.2 Å². The van der Waals surface area contributed by atoms with Crippen LogP contribution in [0.4, 0.5) is 14.5 Å². The molecule has 0 radical (unpaired) electrons. The quantitative estimate of drug-likeness (QED) is 0.577. The van der Waals surface area contributed by atoms with Crippen LogP contribution in [-0.2, 0) is 9.53 Å². The third-order valence-electron chi connectivity index (χ3n) is 3.89. The number of likely N-dealkylation sites (N-methyl/N-ethyl adjacent to an activating group) is 1. The number of carbonyl (C=O) groups is 2. The lowest BCUT2D eigenvalue weighted by Crippen LogP contribution is -2.34. The average molecular weight is 402 g/mol. The second-order valence-electron chi connectivity index (χ2n) is 5.74. The number of benzene rings is 2. The molecule has 0 unspecified atom stereocenters. The summed E-state index contributed by atoms with van der Waals surface area (Å²) in [6, 6.07) is 11.2. The fraction of sp³-hybridized carbons (Fsp3) is 0.150. The van der Waals surface area contributed by atoms with Gasteiger partial charge >= 0.3 is 5.97 Å². The number of thiazole rings is 1. The number of rotatable bonds is 6. The van der Waals surface area contributed by atoms with Crippen LogP contribution in [-0.4, -0.2) is 30.0 Å². The molecule has 0 spiro atoms. The highest BCUT2D eigenvalue weighted by Crippen LogP contribution is 2.24. The third kappa shape index (κ3) is 4.58. The Morgan fingerprint density at radius 3 is 2.25 bits per heavy atom. The van der Waals surface area contributed by atoms with Crippen LogP contribution < -0.4 is 4.90 Å². The topological polar surface area (TPSA) is 59.5 Å². The van der Waals surface area contributed by atoms with E-state index in [9.17, 15) is 18.4 Å². The maximum Gasteiger partial charge on any atom is 0.358 e. The van der Waals surface area contributed by atoms with Gasteiger partial charge in [-0.3, -0.25) is 4.79 Å². The van der Waals surface area contributed by atoms with Gasteiger partial charge in [0.05, 0.1) is 0 Å². The lowest BCUT2D eigenvalue weighted by molar-refractivity contribution is -0.121. The van der Waals surface area contributed by atoms with Gasteiger partial charge in [-0.2, -0.15) is 0 Å². The molecule has 0 saturated carbocycles. The fourth-order valence-electron chi connectivity index (χ4n) is 2.50. The van der Waals surface area contributed by atoms with E-state index in [1.54, 1.807) is 19.1 Å². The molecule has 3 aromatic rings. The maximum absolute atomic E-state index is 13.0. The normalized spacial score (nSPS) is 10.5. The van der Waals surface area contributed by atoms with E-state index < -0.39 is 24.3 Å². The van der Waals surface area contributed by atoms with E-state index in [0.29, 0.717) is 22.8 Å². The van der Waals surface area contributed by atoms with Crippen molar-refractivity contribution in [3.05, 3.63) is 71.2 Å². The Bertz CT molecular complexity index is 972. The molecule has 28 heavy (non-hydrogen) atoms. The Kier molecular flexibility index (Phi) is 6.10. The van der Waals surface area contributed by atoms with E-state index in [-0.39, 0.29) is 11.5 Å². The van der Waals surface area contributed by atoms with E-state index in [4.69, 9.17) is 4.74 Å². The van der Waals surface area contributed by atoms with Gasteiger partial charge < -0.3 is 9.64 Å². The Labute approximate surface area is 164 Å². The summed E-state index contributed by atoms with van der Waals surface area (Å²) in [6.45, 7) is 1.64. The monoisotopic (exact) mass is 402 g/mol. The van der Waals surface area contributed by atoms with Crippen LogP contribution in [0.5, 0.6) is 0 Å². The third-order valence-corrected chi connectivity index (χ3v) is 4.78. The molecule has 0 aliphatic heterocycles. The molecule has 0 aliphatic carbocycles. The fourth-order valence-corrected chi connectivity index (χ4v) is 3.29. The minimum absolute atomic E-state index is 0.0713. The van der Waals surface area contributed by atoms with E-state index in [0.717, 1.165) is 0 Å². The van der Waals surface area contributed by atoms with E-state index in [1.807, 2.05) is 0 Å². The van der Waals surface area contributed by atoms with Gasteiger partial charge in [-0.05, 0) is 55.5 Å². The molecule has 0 bridgehead atoms. The van der Waals surface area contributed by atoms with Crippen LogP contribution in [0.25, 0.3) is 10.6 Å². The van der Waals surface area contributed by atoms with Crippen molar-refractivity contribution < 1.29 is 23.1 Å². The van der Waals surface area contributed by atoms with E-state index in [1.165, 1.54) is 58.0 Å². The Balaban J connectivity index is 1.62. The number of hydrogen-bond acceptors (Lipinski definition) is 5. The molecule has 1 heterocycles. The highest BCUT2D eigenvalue weighted by Gasteiger charge is 2.19. The summed E-state index contributed by atoms with van der Waals surface area (Å²) in [7, 11) is 0. The first kappa shape index (κ1) is 19.6. The van der Waals surface area contributed by atoms with Gasteiger partial charge in [-0.1, -0.05) is 0 Å². The number of amides is 1. The molecule has 1 aromatic heterocycles. The number of carbonyl (C=O) groups excluding carboxylic acids is 2. The lowest BCUT2D eigenvalue weighted by Gasteiger charge is -2.20. The molecule has 0 aliphatic rings. The van der Waals surface area contributed by atoms with Gasteiger partial charge in [-0.15, -0.1) is 11.3 Å². The first-order chi connectivity index (χ1) is 13.5. The molecule has 0 N–H and O–H groups in total. The minimum Gasteiger partial charge on any atom is -0.451 e. The number of esters is 1. The van der Waals surface area contributed by atoms with Crippen LogP contribution in [0.3, 0.4) is 0 Å². The van der Waals surface area contributed by atoms with Crippen molar-refractivity contribution in [1.29, 1.82) is 0 Å². The molecule has 8 heteroatoms. The summed E-state index contributed by atoms with van der Waals surface area (Å²) < 4.78 is 31.1. The minimum atomic E-state index is -0.729. The zero-order valence-corrected chi connectivity index (χ0v) is 15.7. The van der Waals surface area contributed by atoms with Crippen molar-refractivity contribution in [2.75, 3.05) is 18.1 Å². The van der Waals surface area contributed by atoms with E-state index >= 15 is 0 Å². The molecular formula is C20H16F2N2O3S. The van der Waals surface area contributed by atoms with Crippen molar-refractivity contribution in [3.8, 4) is 10.6 Å². The Morgan fingerprint density at radius 2 is 1.64 bits per heavy atom. The van der Waals surface area contributed by atoms with Crippen molar-refractivity contribution in [2.24, 2.45) is 0 Å². The second kappa shape index (κ2) is 8.71. The molecule has 3 rings (SSSR count). The number of halogens is 2. The number of anilines is 1. The average Bonchev–Trinajstić information content (AvgIpc) is 3.19. The predicted octanol–water partition coefficient (Wildman–Crippen LogP) is 4.30. The molecule has 0 fully saturated rings. The molecule has 0 saturated heterocycles. The summed E-state index contributed by atoms with van der Waals surface area (Å²) in [5.41, 5.74) is 1.26. The number of hydrogen-bond donors (Lipinski definition) is 0. The van der Waals surface area contributed by atoms with Crippen LogP contribution in [0, 0.1) is 11.6 Å². The zero-order valence-electron chi connectivity index (χ0n) is 14.9. The predicted molar refractivity (Wildman–Crippen MR) is 102 cm³/mol. The van der Waals surface area contributed by atoms with Crippen LogP contribution in [0.15, 0.2) is 53.9 Å². The highest BCUT2D eigenvalue weighted by molar-refractivity contribution is 7.13.